The number of nitrogens with one attached hydrogen (secondary N) is 1. The average molecular weight is 284 g/mol. The monoisotopic (exact) mass is 283 g/mol. The number of nitrogens with zero attached hydrogens (tertiary/aromatic N) is 2. The normalized spacial score (nSPS) is 15.5. The number of para-hydroxylation sites is 1. The van der Waals surface area contributed by atoms with Gasteiger partial charge in [-0.1, -0.05) is 29.8 Å². The SMILES string of the molecule is Cl.Clc1nc2ccccc2cc1N1CCNCC1. The van der Waals surface area contributed by atoms with Crippen LogP contribution in [0.25, 0.3) is 10.9 Å². The van der Waals surface area contributed by atoms with Crippen LogP contribution in [0.5, 0.6) is 0 Å². The van der Waals surface area contributed by atoms with Gasteiger partial charge in [0.25, 0.3) is 0 Å². The first-order valence-electron chi connectivity index (χ1n) is 5.85. The zero-order chi connectivity index (χ0) is 11.7. The summed E-state index contributed by atoms with van der Waals surface area (Å²) in [4.78, 5) is 6.74. The third-order valence-corrected chi connectivity index (χ3v) is 3.39. The maximum absolute atomic E-state index is 6.26. The molecule has 1 aromatic heterocycles. The second kappa shape index (κ2) is 5.74. The van der Waals surface area contributed by atoms with Crippen LogP contribution >= 0.6 is 24.0 Å². The van der Waals surface area contributed by atoms with Gasteiger partial charge in [-0.25, -0.2) is 4.98 Å². The van der Waals surface area contributed by atoms with Gasteiger partial charge in [-0.15, -0.1) is 12.4 Å². The molecule has 3 rings (SSSR count). The highest BCUT2D eigenvalue weighted by molar-refractivity contribution is 6.32. The summed E-state index contributed by atoms with van der Waals surface area (Å²) in [6, 6.07) is 10.2. The van der Waals surface area contributed by atoms with Crippen molar-refractivity contribution < 1.29 is 0 Å². The van der Waals surface area contributed by atoms with Gasteiger partial charge in [0.1, 0.15) is 0 Å². The number of piperazine rings is 1. The smallest absolute Gasteiger partial charge is 0.153 e. The Bertz CT molecular complexity index is 539. The summed E-state index contributed by atoms with van der Waals surface area (Å²) in [5.41, 5.74) is 2.00. The molecule has 0 aliphatic carbocycles. The predicted molar refractivity (Wildman–Crippen MR) is 79.1 cm³/mol. The molecule has 0 unspecified atom stereocenters. The Hall–Kier alpha value is -1.03. The van der Waals surface area contributed by atoms with Crippen molar-refractivity contribution in [3.8, 4) is 0 Å². The van der Waals surface area contributed by atoms with Crippen LogP contribution in [0, 0.1) is 0 Å². The minimum absolute atomic E-state index is 0. The standard InChI is InChI=1S/C13H14ClN3.ClH/c14-13-12(17-7-5-15-6-8-17)9-10-3-1-2-4-11(10)16-13;/h1-4,9,15H,5-8H2;1H. The minimum atomic E-state index is 0. The highest BCUT2D eigenvalue weighted by atomic mass is 35.5. The third kappa shape index (κ3) is 2.53. The molecule has 96 valence electrons. The van der Waals surface area contributed by atoms with Gasteiger partial charge in [0.15, 0.2) is 5.15 Å². The molecule has 0 spiro atoms. The van der Waals surface area contributed by atoms with Crippen molar-refractivity contribution in [3.05, 3.63) is 35.5 Å². The molecule has 1 aliphatic rings. The van der Waals surface area contributed by atoms with Crippen molar-refractivity contribution in [3.63, 3.8) is 0 Å². The molecule has 2 aromatic rings. The Morgan fingerprint density at radius 3 is 2.67 bits per heavy atom. The predicted octanol–water partition coefficient (Wildman–Crippen LogP) is 2.72. The fourth-order valence-corrected chi connectivity index (χ4v) is 2.47. The topological polar surface area (TPSA) is 28.2 Å². The molecule has 18 heavy (non-hydrogen) atoms. The van der Waals surface area contributed by atoms with Gasteiger partial charge in [-0.05, 0) is 12.1 Å². The number of aromatic nitrogens is 1. The van der Waals surface area contributed by atoms with Crippen LogP contribution in [-0.2, 0) is 0 Å². The first kappa shape index (κ1) is 13.4. The lowest BCUT2D eigenvalue weighted by molar-refractivity contribution is 0.589. The zero-order valence-electron chi connectivity index (χ0n) is 9.90. The first-order chi connectivity index (χ1) is 8.34. The van der Waals surface area contributed by atoms with Crippen LogP contribution in [0.2, 0.25) is 5.15 Å². The molecule has 0 saturated carbocycles. The molecular weight excluding hydrogens is 269 g/mol. The highest BCUT2D eigenvalue weighted by Crippen LogP contribution is 2.28. The maximum atomic E-state index is 6.26. The van der Waals surface area contributed by atoms with Crippen molar-refractivity contribution in [1.82, 2.24) is 10.3 Å². The average Bonchev–Trinajstić information content (AvgIpc) is 2.39. The largest absolute Gasteiger partial charge is 0.366 e. The molecular formula is C13H15Cl2N3. The molecule has 0 radical (unpaired) electrons. The molecule has 1 saturated heterocycles. The van der Waals surface area contributed by atoms with Crippen molar-refractivity contribution in [2.75, 3.05) is 31.1 Å². The first-order valence-corrected chi connectivity index (χ1v) is 6.23. The van der Waals surface area contributed by atoms with Gasteiger partial charge in [-0.2, -0.15) is 0 Å². The summed E-state index contributed by atoms with van der Waals surface area (Å²) < 4.78 is 0. The number of hydrogen-bond donors (Lipinski definition) is 1. The van der Waals surface area contributed by atoms with Crippen LogP contribution in [0.15, 0.2) is 30.3 Å². The molecule has 5 heteroatoms. The highest BCUT2D eigenvalue weighted by Gasteiger charge is 2.14. The fourth-order valence-electron chi connectivity index (χ4n) is 2.21. The van der Waals surface area contributed by atoms with Crippen LogP contribution in [0.1, 0.15) is 0 Å². The summed E-state index contributed by atoms with van der Waals surface area (Å²) in [6.45, 7) is 3.98. The van der Waals surface area contributed by atoms with Crippen molar-refractivity contribution in [2.45, 2.75) is 0 Å². The molecule has 3 nitrogen and oxygen atoms in total. The van der Waals surface area contributed by atoms with Crippen molar-refractivity contribution >= 4 is 40.6 Å². The summed E-state index contributed by atoms with van der Waals surface area (Å²) in [6.07, 6.45) is 0. The van der Waals surface area contributed by atoms with E-state index in [0.717, 1.165) is 42.8 Å². The molecule has 1 fully saturated rings. The quantitative estimate of drug-likeness (QED) is 0.816. The Balaban J connectivity index is 0.00000120. The van der Waals surface area contributed by atoms with Gasteiger partial charge in [0, 0.05) is 31.6 Å². The van der Waals surface area contributed by atoms with Gasteiger partial charge < -0.3 is 10.2 Å². The van der Waals surface area contributed by atoms with Crippen molar-refractivity contribution in [1.29, 1.82) is 0 Å². The molecule has 0 bridgehead atoms. The van der Waals surface area contributed by atoms with Crippen LogP contribution in [0.4, 0.5) is 5.69 Å². The second-order valence-electron chi connectivity index (χ2n) is 4.23. The number of fused-ring (bicyclic) bond motifs is 1. The van der Waals surface area contributed by atoms with E-state index >= 15 is 0 Å². The van der Waals surface area contributed by atoms with Crippen LogP contribution in [0.3, 0.4) is 0 Å². The molecule has 0 atom stereocenters. The number of pyridine rings is 1. The van der Waals surface area contributed by atoms with E-state index in [0.29, 0.717) is 5.15 Å². The van der Waals surface area contributed by atoms with Gasteiger partial charge in [-0.3, -0.25) is 0 Å². The van der Waals surface area contributed by atoms with Gasteiger partial charge >= 0.3 is 0 Å². The third-order valence-electron chi connectivity index (χ3n) is 3.12. The van der Waals surface area contributed by atoms with E-state index < -0.39 is 0 Å². The van der Waals surface area contributed by atoms with Gasteiger partial charge in [0.2, 0.25) is 0 Å². The minimum Gasteiger partial charge on any atom is -0.366 e. The van der Waals surface area contributed by atoms with E-state index in [-0.39, 0.29) is 12.4 Å². The molecule has 1 aromatic carbocycles. The molecule has 0 amide bonds. The number of anilines is 1. The van der Waals surface area contributed by atoms with Crippen molar-refractivity contribution in [2.24, 2.45) is 0 Å². The summed E-state index contributed by atoms with van der Waals surface area (Å²) >= 11 is 6.26. The fraction of sp³-hybridized carbons (Fsp3) is 0.308. The summed E-state index contributed by atoms with van der Waals surface area (Å²) in [5, 5.41) is 5.08. The zero-order valence-corrected chi connectivity index (χ0v) is 11.5. The van der Waals surface area contributed by atoms with Crippen LogP contribution in [-0.4, -0.2) is 31.2 Å². The lowest BCUT2D eigenvalue weighted by atomic mass is 10.2. The summed E-state index contributed by atoms with van der Waals surface area (Å²) in [5.74, 6) is 0. The Labute approximate surface area is 118 Å². The molecule has 1 aliphatic heterocycles. The lowest BCUT2D eigenvalue weighted by Gasteiger charge is -2.29. The molecule has 1 N–H and O–H groups in total. The van der Waals surface area contributed by atoms with E-state index in [9.17, 15) is 0 Å². The number of hydrogen-bond acceptors (Lipinski definition) is 3. The van der Waals surface area contributed by atoms with E-state index in [2.05, 4.69) is 27.3 Å². The Morgan fingerprint density at radius 1 is 1.17 bits per heavy atom. The Morgan fingerprint density at radius 2 is 1.89 bits per heavy atom. The summed E-state index contributed by atoms with van der Waals surface area (Å²) in [7, 11) is 0. The van der Waals surface area contributed by atoms with Crippen LogP contribution < -0.4 is 10.2 Å². The Kier molecular flexibility index (Phi) is 4.27. The molecule has 2 heterocycles. The number of rotatable bonds is 1. The van der Waals surface area contributed by atoms with E-state index in [1.54, 1.807) is 0 Å². The maximum Gasteiger partial charge on any atom is 0.153 e. The number of benzene rings is 1. The van der Waals surface area contributed by atoms with E-state index in [1.165, 1.54) is 0 Å². The van der Waals surface area contributed by atoms with E-state index in [4.69, 9.17) is 11.6 Å². The van der Waals surface area contributed by atoms with E-state index in [1.807, 2.05) is 18.2 Å². The number of halogens is 2. The second-order valence-corrected chi connectivity index (χ2v) is 4.59. The lowest BCUT2D eigenvalue weighted by Crippen LogP contribution is -2.43. The van der Waals surface area contributed by atoms with Gasteiger partial charge in [0.05, 0.1) is 11.2 Å².